The largest absolute Gasteiger partial charge is 0.355 e. The Morgan fingerprint density at radius 1 is 0.857 bits per heavy atom. The van der Waals surface area contributed by atoms with Crippen LogP contribution in [0.1, 0.15) is 31.2 Å². The Labute approximate surface area is 206 Å². The summed E-state index contributed by atoms with van der Waals surface area (Å²) in [7, 11) is 0. The first kappa shape index (κ1) is 23.4. The summed E-state index contributed by atoms with van der Waals surface area (Å²) in [5, 5.41) is 12.0. The number of rotatable bonds is 6. The number of nitrogens with one attached hydrogen (secondary N) is 1. The predicted octanol–water partition coefficient (Wildman–Crippen LogP) is 4.28. The summed E-state index contributed by atoms with van der Waals surface area (Å²) >= 11 is 0. The molecular weight excluding hydrogens is 441 g/mol. The zero-order chi connectivity index (χ0) is 24.0. The van der Waals surface area contributed by atoms with Gasteiger partial charge in [0.15, 0.2) is 5.82 Å². The zero-order valence-corrected chi connectivity index (χ0v) is 19.9. The molecule has 2 fully saturated rings. The summed E-state index contributed by atoms with van der Waals surface area (Å²) in [6.07, 6.45) is 3.65. The molecule has 1 amide bonds. The lowest BCUT2D eigenvalue weighted by atomic mass is 9.94. The summed E-state index contributed by atoms with van der Waals surface area (Å²) in [4.78, 5) is 17.6. The number of hydrogen-bond donors (Lipinski definition) is 1. The third-order valence-electron chi connectivity index (χ3n) is 7.16. The molecule has 6 nitrogen and oxygen atoms in total. The SMILES string of the molecule is O=C(NC1CCN(Cc2ccccc2)CC1)C1CCN(c2ccc(-c3ccc(F)cc3)nn2)CC1. The molecule has 0 bridgehead atoms. The maximum absolute atomic E-state index is 13.1. The molecule has 0 saturated carbocycles. The molecule has 2 aromatic carbocycles. The number of halogens is 1. The van der Waals surface area contributed by atoms with Gasteiger partial charge in [0.25, 0.3) is 0 Å². The second-order valence-corrected chi connectivity index (χ2v) is 9.59. The van der Waals surface area contributed by atoms with E-state index in [9.17, 15) is 9.18 Å². The number of carbonyl (C=O) groups excluding carboxylic acids is 1. The predicted molar refractivity (Wildman–Crippen MR) is 135 cm³/mol. The minimum Gasteiger partial charge on any atom is -0.355 e. The number of likely N-dealkylation sites (tertiary alicyclic amines) is 1. The minimum absolute atomic E-state index is 0.0556. The Balaban J connectivity index is 1.06. The van der Waals surface area contributed by atoms with Crippen LogP contribution in [0.25, 0.3) is 11.3 Å². The highest BCUT2D eigenvalue weighted by Crippen LogP contribution is 2.24. The van der Waals surface area contributed by atoms with E-state index in [1.54, 1.807) is 12.1 Å². The van der Waals surface area contributed by atoms with Crippen LogP contribution >= 0.6 is 0 Å². The molecule has 2 aliphatic rings. The van der Waals surface area contributed by atoms with Crippen molar-refractivity contribution in [3.8, 4) is 11.3 Å². The fourth-order valence-electron chi connectivity index (χ4n) is 5.04. The quantitative estimate of drug-likeness (QED) is 0.579. The van der Waals surface area contributed by atoms with E-state index in [1.165, 1.54) is 17.7 Å². The second kappa shape index (κ2) is 11.0. The molecule has 2 aliphatic heterocycles. The van der Waals surface area contributed by atoms with Gasteiger partial charge in [-0.25, -0.2) is 4.39 Å². The van der Waals surface area contributed by atoms with E-state index in [0.717, 1.165) is 75.5 Å². The van der Waals surface area contributed by atoms with Gasteiger partial charge >= 0.3 is 0 Å². The summed E-state index contributed by atoms with van der Waals surface area (Å²) in [6, 6.07) is 21.0. The number of aromatic nitrogens is 2. The normalized spacial score (nSPS) is 17.9. The number of nitrogens with zero attached hydrogens (tertiary/aromatic N) is 4. The van der Waals surface area contributed by atoms with E-state index in [1.807, 2.05) is 12.1 Å². The van der Waals surface area contributed by atoms with Crippen LogP contribution in [0.3, 0.4) is 0 Å². The van der Waals surface area contributed by atoms with Gasteiger partial charge in [-0.15, -0.1) is 10.2 Å². The van der Waals surface area contributed by atoms with Crippen molar-refractivity contribution in [1.82, 2.24) is 20.4 Å². The second-order valence-electron chi connectivity index (χ2n) is 9.59. The van der Waals surface area contributed by atoms with E-state index < -0.39 is 0 Å². The molecule has 0 unspecified atom stereocenters. The highest BCUT2D eigenvalue weighted by atomic mass is 19.1. The van der Waals surface area contributed by atoms with Crippen molar-refractivity contribution in [1.29, 1.82) is 0 Å². The zero-order valence-electron chi connectivity index (χ0n) is 19.9. The molecule has 3 heterocycles. The van der Waals surface area contributed by atoms with Gasteiger partial charge < -0.3 is 10.2 Å². The molecule has 7 heteroatoms. The van der Waals surface area contributed by atoms with E-state index in [4.69, 9.17) is 0 Å². The van der Waals surface area contributed by atoms with Crippen LogP contribution in [0.2, 0.25) is 0 Å². The third kappa shape index (κ3) is 6.03. The van der Waals surface area contributed by atoms with E-state index >= 15 is 0 Å². The molecule has 0 radical (unpaired) electrons. The number of hydrogen-bond acceptors (Lipinski definition) is 5. The van der Waals surface area contributed by atoms with Gasteiger partial charge in [0.05, 0.1) is 5.69 Å². The van der Waals surface area contributed by atoms with Crippen LogP contribution in [-0.2, 0) is 11.3 Å². The molecule has 1 N–H and O–H groups in total. The third-order valence-corrected chi connectivity index (χ3v) is 7.16. The highest BCUT2D eigenvalue weighted by Gasteiger charge is 2.28. The Morgan fingerprint density at radius 2 is 1.57 bits per heavy atom. The van der Waals surface area contributed by atoms with Crippen molar-refractivity contribution < 1.29 is 9.18 Å². The van der Waals surface area contributed by atoms with Crippen LogP contribution in [0.5, 0.6) is 0 Å². The topological polar surface area (TPSA) is 61.4 Å². The van der Waals surface area contributed by atoms with Crippen molar-refractivity contribution in [2.24, 2.45) is 5.92 Å². The van der Waals surface area contributed by atoms with E-state index in [0.29, 0.717) is 0 Å². The lowest BCUT2D eigenvalue weighted by molar-refractivity contribution is -0.126. The lowest BCUT2D eigenvalue weighted by Gasteiger charge is -2.35. The molecular formula is C28H32FN5O. The Bertz CT molecular complexity index is 1090. The van der Waals surface area contributed by atoms with Crippen molar-refractivity contribution in [3.05, 3.63) is 78.1 Å². The first-order valence-electron chi connectivity index (χ1n) is 12.6. The number of carbonyl (C=O) groups is 1. The number of piperidine rings is 2. The summed E-state index contributed by atoms with van der Waals surface area (Å²) in [5.41, 5.74) is 2.90. The van der Waals surface area contributed by atoms with Crippen LogP contribution in [0.4, 0.5) is 10.2 Å². The van der Waals surface area contributed by atoms with Crippen molar-refractivity contribution in [2.45, 2.75) is 38.3 Å². The average Bonchev–Trinajstić information content (AvgIpc) is 2.91. The summed E-state index contributed by atoms with van der Waals surface area (Å²) in [5.74, 6) is 0.809. The number of anilines is 1. The monoisotopic (exact) mass is 473 g/mol. The van der Waals surface area contributed by atoms with Gasteiger partial charge in [-0.2, -0.15) is 0 Å². The van der Waals surface area contributed by atoms with E-state index in [-0.39, 0.29) is 23.7 Å². The summed E-state index contributed by atoms with van der Waals surface area (Å²) < 4.78 is 13.1. The molecule has 2 saturated heterocycles. The van der Waals surface area contributed by atoms with Gasteiger partial charge in [0, 0.05) is 50.2 Å². The molecule has 0 aliphatic carbocycles. The molecule has 35 heavy (non-hydrogen) atoms. The van der Waals surface area contributed by atoms with Crippen LogP contribution < -0.4 is 10.2 Å². The highest BCUT2D eigenvalue weighted by molar-refractivity contribution is 5.79. The Kier molecular flexibility index (Phi) is 7.33. The smallest absolute Gasteiger partial charge is 0.223 e. The number of benzene rings is 2. The van der Waals surface area contributed by atoms with Crippen molar-refractivity contribution >= 4 is 11.7 Å². The average molecular weight is 474 g/mol. The molecule has 3 aromatic rings. The fourth-order valence-corrected chi connectivity index (χ4v) is 5.04. The van der Waals surface area contributed by atoms with E-state index in [2.05, 4.69) is 55.6 Å². The van der Waals surface area contributed by atoms with Crippen molar-refractivity contribution in [3.63, 3.8) is 0 Å². The molecule has 182 valence electrons. The summed E-state index contributed by atoms with van der Waals surface area (Å²) in [6.45, 7) is 4.60. The number of amides is 1. The van der Waals surface area contributed by atoms with Gasteiger partial charge in [0.2, 0.25) is 5.91 Å². The Hall–Kier alpha value is -3.32. The van der Waals surface area contributed by atoms with Gasteiger partial charge in [0.1, 0.15) is 5.82 Å². The van der Waals surface area contributed by atoms with Crippen LogP contribution in [0, 0.1) is 11.7 Å². The first-order chi connectivity index (χ1) is 17.1. The van der Waals surface area contributed by atoms with Crippen LogP contribution in [0.15, 0.2) is 66.7 Å². The molecule has 1 aromatic heterocycles. The maximum atomic E-state index is 13.1. The molecule has 0 spiro atoms. The minimum atomic E-state index is -0.265. The van der Waals surface area contributed by atoms with Crippen molar-refractivity contribution in [2.75, 3.05) is 31.1 Å². The fraction of sp³-hybridized carbons (Fsp3) is 0.393. The first-order valence-corrected chi connectivity index (χ1v) is 12.6. The standard InChI is InChI=1S/C28H32FN5O/c29-24-8-6-22(7-9-24)26-10-11-27(32-31-26)34-18-12-23(13-19-34)28(35)30-25-14-16-33(17-15-25)20-21-4-2-1-3-5-21/h1-11,23,25H,12-20H2,(H,30,35). The lowest BCUT2D eigenvalue weighted by Crippen LogP contribution is -2.48. The maximum Gasteiger partial charge on any atom is 0.223 e. The molecule has 0 atom stereocenters. The molecule has 5 rings (SSSR count). The van der Waals surface area contributed by atoms with Gasteiger partial charge in [-0.3, -0.25) is 9.69 Å². The van der Waals surface area contributed by atoms with Gasteiger partial charge in [-0.1, -0.05) is 30.3 Å². The Morgan fingerprint density at radius 3 is 2.23 bits per heavy atom. The van der Waals surface area contributed by atoms with Gasteiger partial charge in [-0.05, 0) is 67.6 Å². The van der Waals surface area contributed by atoms with Crippen LogP contribution in [-0.4, -0.2) is 53.2 Å².